The zero-order valence-electron chi connectivity index (χ0n) is 14.9. The lowest BCUT2D eigenvalue weighted by molar-refractivity contribution is 0.573. The van der Waals surface area contributed by atoms with Gasteiger partial charge in [-0.25, -0.2) is 9.98 Å². The van der Waals surface area contributed by atoms with E-state index in [-0.39, 0.29) is 24.0 Å². The van der Waals surface area contributed by atoms with Crippen LogP contribution in [0.15, 0.2) is 57.5 Å². The number of hydrogen-bond acceptors (Lipinski definition) is 4. The van der Waals surface area contributed by atoms with Crippen LogP contribution in [0.4, 0.5) is 0 Å². The number of hydrogen-bond donors (Lipinski definition) is 2. The zero-order valence-corrected chi connectivity index (χ0v) is 18.0. The van der Waals surface area contributed by atoms with Crippen LogP contribution < -0.4 is 10.6 Å². The summed E-state index contributed by atoms with van der Waals surface area (Å²) in [4.78, 5) is 10.2. The molecule has 0 saturated heterocycles. The van der Waals surface area contributed by atoms with Gasteiger partial charge in [0.25, 0.3) is 0 Å². The monoisotopic (exact) mass is 482 g/mol. The number of aliphatic imine (C=N–C) groups is 1. The Hall–Kier alpha value is -1.87. The summed E-state index contributed by atoms with van der Waals surface area (Å²) in [5, 5.41) is 8.56. The fourth-order valence-electron chi connectivity index (χ4n) is 2.28. The third kappa shape index (κ3) is 5.84. The number of thiophene rings is 1. The number of rotatable bonds is 6. The zero-order chi connectivity index (χ0) is 17.5. The Bertz CT molecular complexity index is 812. The van der Waals surface area contributed by atoms with Crippen molar-refractivity contribution in [1.82, 2.24) is 15.6 Å². The lowest BCUT2D eigenvalue weighted by Gasteiger charge is -2.10. The minimum Gasteiger partial charge on any atom is -0.443 e. The van der Waals surface area contributed by atoms with Crippen LogP contribution in [0.2, 0.25) is 0 Å². The quantitative estimate of drug-likeness (QED) is 0.307. The van der Waals surface area contributed by atoms with E-state index in [9.17, 15) is 0 Å². The molecule has 0 unspecified atom stereocenters. The fraction of sp³-hybridized carbons (Fsp3) is 0.263. The standard InChI is InChI=1S/C19H22N4OS.HI/c1-3-20-19(21-11-15-8-6-14(2)7-9-15)22-12-16-13-24-18(23-16)17-5-4-10-25-17;/h4-10,13H,3,11-12H2,1-2H3,(H2,20,21,22);1H. The van der Waals surface area contributed by atoms with Gasteiger partial charge in [0.2, 0.25) is 5.89 Å². The van der Waals surface area contributed by atoms with Gasteiger partial charge >= 0.3 is 0 Å². The van der Waals surface area contributed by atoms with Crippen LogP contribution in [0.3, 0.4) is 0 Å². The molecule has 2 aromatic heterocycles. The summed E-state index contributed by atoms with van der Waals surface area (Å²) in [7, 11) is 0. The van der Waals surface area contributed by atoms with Crippen LogP contribution >= 0.6 is 35.3 Å². The summed E-state index contributed by atoms with van der Waals surface area (Å²) in [6, 6.07) is 12.4. The van der Waals surface area contributed by atoms with E-state index >= 15 is 0 Å². The maximum Gasteiger partial charge on any atom is 0.236 e. The van der Waals surface area contributed by atoms with Crippen LogP contribution in [-0.2, 0) is 13.1 Å². The molecule has 3 rings (SSSR count). The first-order valence-electron chi connectivity index (χ1n) is 8.30. The number of aryl methyl sites for hydroxylation is 1. The second-order valence-electron chi connectivity index (χ2n) is 5.66. The summed E-state index contributed by atoms with van der Waals surface area (Å²) >= 11 is 1.62. The van der Waals surface area contributed by atoms with Crippen molar-refractivity contribution >= 4 is 41.3 Å². The smallest absolute Gasteiger partial charge is 0.236 e. The van der Waals surface area contributed by atoms with Gasteiger partial charge < -0.3 is 15.1 Å². The summed E-state index contributed by atoms with van der Waals surface area (Å²) in [5.41, 5.74) is 3.29. The van der Waals surface area contributed by atoms with E-state index in [0.717, 1.165) is 23.1 Å². The Kier molecular flexibility index (Phi) is 8.11. The van der Waals surface area contributed by atoms with Crippen molar-refractivity contribution in [1.29, 1.82) is 0 Å². The fourth-order valence-corrected chi connectivity index (χ4v) is 2.94. The van der Waals surface area contributed by atoms with Gasteiger partial charge in [0.1, 0.15) is 6.26 Å². The molecular weight excluding hydrogens is 459 g/mol. The average Bonchev–Trinajstić information content (AvgIpc) is 3.30. The van der Waals surface area contributed by atoms with Crippen molar-refractivity contribution in [3.8, 4) is 10.8 Å². The highest BCUT2D eigenvalue weighted by molar-refractivity contribution is 14.0. The molecule has 26 heavy (non-hydrogen) atoms. The van der Waals surface area contributed by atoms with Crippen molar-refractivity contribution in [2.75, 3.05) is 6.54 Å². The second-order valence-corrected chi connectivity index (χ2v) is 6.60. The van der Waals surface area contributed by atoms with Crippen molar-refractivity contribution in [3.05, 3.63) is 64.9 Å². The van der Waals surface area contributed by atoms with Crippen molar-refractivity contribution in [2.45, 2.75) is 26.9 Å². The van der Waals surface area contributed by atoms with E-state index in [1.165, 1.54) is 11.1 Å². The molecule has 0 atom stereocenters. The van der Waals surface area contributed by atoms with E-state index in [2.05, 4.69) is 51.8 Å². The van der Waals surface area contributed by atoms with E-state index in [4.69, 9.17) is 4.42 Å². The van der Waals surface area contributed by atoms with E-state index in [1.807, 2.05) is 24.4 Å². The molecule has 0 aliphatic rings. The molecule has 0 saturated carbocycles. The predicted molar refractivity (Wildman–Crippen MR) is 118 cm³/mol. The number of nitrogens with one attached hydrogen (secondary N) is 2. The van der Waals surface area contributed by atoms with Crippen LogP contribution in [0.1, 0.15) is 23.7 Å². The second kappa shape index (κ2) is 10.3. The number of oxazole rings is 1. The number of nitrogens with zero attached hydrogens (tertiary/aromatic N) is 2. The lowest BCUT2D eigenvalue weighted by Crippen LogP contribution is -2.36. The van der Waals surface area contributed by atoms with E-state index in [1.54, 1.807) is 17.6 Å². The molecule has 0 aliphatic carbocycles. The molecule has 0 bridgehead atoms. The summed E-state index contributed by atoms with van der Waals surface area (Å²) in [5.74, 6) is 1.43. The molecule has 0 amide bonds. The minimum atomic E-state index is 0. The van der Waals surface area contributed by atoms with Crippen LogP contribution in [0.5, 0.6) is 0 Å². The van der Waals surface area contributed by atoms with Crippen LogP contribution in [0, 0.1) is 6.92 Å². The van der Waals surface area contributed by atoms with Crippen LogP contribution in [-0.4, -0.2) is 17.5 Å². The predicted octanol–water partition coefficient (Wildman–Crippen LogP) is 4.58. The average molecular weight is 482 g/mol. The maximum absolute atomic E-state index is 5.54. The molecule has 0 fully saturated rings. The topological polar surface area (TPSA) is 62.5 Å². The molecule has 5 nitrogen and oxygen atoms in total. The highest BCUT2D eigenvalue weighted by atomic mass is 127. The molecule has 0 spiro atoms. The minimum absolute atomic E-state index is 0. The van der Waals surface area contributed by atoms with Gasteiger partial charge in [0.15, 0.2) is 5.96 Å². The van der Waals surface area contributed by atoms with Gasteiger partial charge in [-0.15, -0.1) is 35.3 Å². The van der Waals surface area contributed by atoms with Crippen molar-refractivity contribution in [2.24, 2.45) is 4.99 Å². The molecule has 0 aliphatic heterocycles. The summed E-state index contributed by atoms with van der Waals surface area (Å²) < 4.78 is 5.54. The van der Waals surface area contributed by atoms with Crippen molar-refractivity contribution in [3.63, 3.8) is 0 Å². The Morgan fingerprint density at radius 1 is 1.19 bits per heavy atom. The Morgan fingerprint density at radius 3 is 2.69 bits per heavy atom. The van der Waals surface area contributed by atoms with Crippen molar-refractivity contribution < 1.29 is 4.42 Å². The summed E-state index contributed by atoms with van der Waals surface area (Å²) in [6.45, 7) is 6.14. The molecule has 0 radical (unpaired) electrons. The number of halogens is 1. The molecule has 7 heteroatoms. The molecule has 2 N–H and O–H groups in total. The molecule has 2 heterocycles. The van der Waals surface area contributed by atoms with Gasteiger partial charge in [0, 0.05) is 6.54 Å². The third-order valence-corrected chi connectivity index (χ3v) is 4.46. The maximum atomic E-state index is 5.54. The third-order valence-electron chi connectivity index (χ3n) is 3.61. The highest BCUT2D eigenvalue weighted by Gasteiger charge is 2.08. The molecule has 138 valence electrons. The van der Waals surface area contributed by atoms with Gasteiger partial charge in [-0.3, -0.25) is 0 Å². The lowest BCUT2D eigenvalue weighted by atomic mass is 10.1. The normalized spacial score (nSPS) is 11.1. The molecule has 3 aromatic rings. The summed E-state index contributed by atoms with van der Waals surface area (Å²) in [6.07, 6.45) is 1.69. The number of aromatic nitrogens is 1. The highest BCUT2D eigenvalue weighted by Crippen LogP contribution is 2.23. The van der Waals surface area contributed by atoms with Gasteiger partial charge in [-0.2, -0.15) is 0 Å². The van der Waals surface area contributed by atoms with E-state index in [0.29, 0.717) is 19.0 Å². The Balaban J connectivity index is 0.00000243. The number of guanidine groups is 1. The van der Waals surface area contributed by atoms with Gasteiger partial charge in [-0.05, 0) is 30.9 Å². The number of benzene rings is 1. The molecule has 1 aromatic carbocycles. The van der Waals surface area contributed by atoms with Crippen LogP contribution in [0.25, 0.3) is 10.8 Å². The Morgan fingerprint density at radius 2 is 2.00 bits per heavy atom. The van der Waals surface area contributed by atoms with E-state index < -0.39 is 0 Å². The largest absolute Gasteiger partial charge is 0.443 e. The first-order valence-corrected chi connectivity index (χ1v) is 9.18. The van der Waals surface area contributed by atoms with Gasteiger partial charge in [0.05, 0.1) is 23.7 Å². The van der Waals surface area contributed by atoms with Gasteiger partial charge in [-0.1, -0.05) is 35.9 Å². The SMILES string of the molecule is CCNC(=NCc1ccc(C)cc1)NCc1coc(-c2cccs2)n1.I. The Labute approximate surface area is 175 Å². The first kappa shape index (κ1) is 20.4. The molecular formula is C19H23IN4OS. The first-order chi connectivity index (χ1) is 12.2.